The lowest BCUT2D eigenvalue weighted by atomic mass is 10.1. The number of benzene rings is 2. The van der Waals surface area contributed by atoms with Gasteiger partial charge in [-0.1, -0.05) is 30.3 Å². The molecule has 134 valence electrons. The predicted molar refractivity (Wildman–Crippen MR) is 93.1 cm³/mol. The van der Waals surface area contributed by atoms with Gasteiger partial charge in [0.1, 0.15) is 0 Å². The van der Waals surface area contributed by atoms with E-state index in [1.54, 1.807) is 0 Å². The summed E-state index contributed by atoms with van der Waals surface area (Å²) in [6, 6.07) is 17.2. The van der Waals surface area contributed by atoms with Gasteiger partial charge in [-0.25, -0.2) is 0 Å². The van der Waals surface area contributed by atoms with Crippen LogP contribution in [0.3, 0.4) is 0 Å². The summed E-state index contributed by atoms with van der Waals surface area (Å²) in [6.07, 6.45) is 0.718. The van der Waals surface area contributed by atoms with E-state index in [0.29, 0.717) is 12.8 Å². The molecule has 7 nitrogen and oxygen atoms in total. The van der Waals surface area contributed by atoms with Crippen LogP contribution in [0, 0.1) is 0 Å². The highest BCUT2D eigenvalue weighted by molar-refractivity contribution is 7.86. The fourth-order valence-corrected chi connectivity index (χ4v) is 3.73. The number of rotatable bonds is 9. The van der Waals surface area contributed by atoms with Gasteiger partial charge in [-0.3, -0.25) is 4.55 Å². The second kappa shape index (κ2) is 9.03. The van der Waals surface area contributed by atoms with Gasteiger partial charge in [0.25, 0.3) is 10.1 Å². The van der Waals surface area contributed by atoms with E-state index >= 15 is 0 Å². The average Bonchev–Trinajstić information content (AvgIpc) is 2.54. The Kier molecular flexibility index (Phi) is 7.04. The molecule has 0 aliphatic heterocycles. The zero-order chi connectivity index (χ0) is 18.3. The summed E-state index contributed by atoms with van der Waals surface area (Å²) in [4.78, 5) is 10.5. The quantitative estimate of drug-likeness (QED) is 0.505. The van der Waals surface area contributed by atoms with Gasteiger partial charge in [0.05, 0.1) is 0 Å². The molecular weight excluding hydrogens is 365 g/mol. The van der Waals surface area contributed by atoms with Gasteiger partial charge in [0.2, 0.25) is 5.44 Å². The van der Waals surface area contributed by atoms with Crippen LogP contribution in [0.1, 0.15) is 18.4 Å². The molecule has 0 aliphatic carbocycles. The van der Waals surface area contributed by atoms with Crippen molar-refractivity contribution in [1.82, 2.24) is 0 Å². The van der Waals surface area contributed by atoms with Crippen molar-refractivity contribution in [2.75, 3.05) is 5.32 Å². The molecule has 2 aromatic carbocycles. The molecule has 9 heteroatoms. The van der Waals surface area contributed by atoms with Crippen molar-refractivity contribution < 1.29 is 27.0 Å². The zero-order valence-corrected chi connectivity index (χ0v) is 14.9. The van der Waals surface area contributed by atoms with Gasteiger partial charge < -0.3 is 10.2 Å². The first-order chi connectivity index (χ1) is 11.8. The summed E-state index contributed by atoms with van der Waals surface area (Å²) >= 11 is 0. The van der Waals surface area contributed by atoms with Crippen LogP contribution in [0.15, 0.2) is 54.6 Å². The third-order valence-electron chi connectivity index (χ3n) is 3.43. The molecule has 2 atom stereocenters. The molecule has 0 spiro atoms. The van der Waals surface area contributed by atoms with E-state index in [0.717, 1.165) is 16.9 Å². The minimum absolute atomic E-state index is 0.126. The Bertz CT molecular complexity index is 812. The Balaban J connectivity index is 1.94. The third kappa shape index (κ3) is 6.89. The van der Waals surface area contributed by atoms with Crippen molar-refractivity contribution >= 4 is 29.7 Å². The topological polar surface area (TPSA) is 116 Å². The number of anilines is 2. The van der Waals surface area contributed by atoms with Crippen molar-refractivity contribution in [3.05, 3.63) is 60.2 Å². The molecule has 0 bridgehead atoms. The molecule has 2 N–H and O–H groups in total. The van der Waals surface area contributed by atoms with Crippen LogP contribution in [0.5, 0.6) is 0 Å². The van der Waals surface area contributed by atoms with Crippen LogP contribution in [0.25, 0.3) is 0 Å². The molecule has 0 aliphatic rings. The minimum atomic E-state index is -4.58. The first-order valence-corrected chi connectivity index (χ1v) is 10.1. The lowest BCUT2D eigenvalue weighted by Crippen LogP contribution is -2.22. The fourth-order valence-electron chi connectivity index (χ4n) is 2.32. The largest absolute Gasteiger partial charge is 0.566 e. The number of para-hydroxylation sites is 1. The van der Waals surface area contributed by atoms with E-state index in [9.17, 15) is 17.9 Å². The zero-order valence-electron chi connectivity index (χ0n) is 13.2. The van der Waals surface area contributed by atoms with Crippen molar-refractivity contribution in [3.63, 3.8) is 0 Å². The molecule has 0 saturated carbocycles. The van der Waals surface area contributed by atoms with E-state index in [2.05, 4.69) is 9.84 Å². The van der Waals surface area contributed by atoms with Gasteiger partial charge in [-0.2, -0.15) is 8.42 Å². The first kappa shape index (κ1) is 19.5. The van der Waals surface area contributed by atoms with Gasteiger partial charge in [0.15, 0.2) is 0 Å². The second-order valence-corrected chi connectivity index (χ2v) is 7.57. The van der Waals surface area contributed by atoms with Crippen LogP contribution in [-0.4, -0.2) is 18.4 Å². The van der Waals surface area contributed by atoms with E-state index < -0.39 is 23.8 Å². The predicted octanol–water partition coefficient (Wildman–Crippen LogP) is 3.00. The van der Waals surface area contributed by atoms with Gasteiger partial charge in [-0.15, -0.1) is 4.52 Å². The molecule has 2 unspecified atom stereocenters. The van der Waals surface area contributed by atoms with Crippen LogP contribution in [0.4, 0.5) is 11.4 Å². The average molecular weight is 383 g/mol. The highest BCUT2D eigenvalue weighted by Gasteiger charge is 2.29. The maximum Gasteiger partial charge on any atom is 0.489 e. The number of aryl methyl sites for hydroxylation is 1. The third-order valence-corrected chi connectivity index (χ3v) is 5.00. The lowest BCUT2D eigenvalue weighted by molar-refractivity contribution is -0.187. The van der Waals surface area contributed by atoms with E-state index in [-0.39, 0.29) is 6.42 Å². The van der Waals surface area contributed by atoms with Crippen LogP contribution in [0.2, 0.25) is 0 Å². The monoisotopic (exact) mass is 383 g/mol. The molecule has 0 saturated heterocycles. The smallest absolute Gasteiger partial charge is 0.489 e. The highest BCUT2D eigenvalue weighted by Crippen LogP contribution is 2.23. The number of hydrogen-bond donors (Lipinski definition) is 2. The maximum atomic E-state index is 11.1. The Labute approximate surface area is 147 Å². The Morgan fingerprint density at radius 3 is 2.44 bits per heavy atom. The summed E-state index contributed by atoms with van der Waals surface area (Å²) in [5, 5.41) is 3.25. The molecule has 0 heterocycles. The molecule has 2 rings (SSSR count). The Hall–Kier alpha value is -1.83. The fraction of sp³-hybridized carbons (Fsp3) is 0.250. The molecule has 0 fully saturated rings. The van der Waals surface area contributed by atoms with E-state index in [4.69, 9.17) is 4.55 Å². The van der Waals surface area contributed by atoms with E-state index in [1.165, 1.54) is 0 Å². The summed E-state index contributed by atoms with van der Waals surface area (Å²) in [5.74, 6) is 0. The summed E-state index contributed by atoms with van der Waals surface area (Å²) < 4.78 is 46.0. The normalized spacial score (nSPS) is 13.3. The van der Waals surface area contributed by atoms with Gasteiger partial charge in [0, 0.05) is 11.4 Å². The SMILES string of the molecule is O=[P+]([O-])OC(CCCc1cccc(Nc2ccccc2)c1)S(=O)(=O)O. The molecule has 0 radical (unpaired) electrons. The van der Waals surface area contributed by atoms with E-state index in [1.807, 2.05) is 54.6 Å². The van der Waals surface area contributed by atoms with Crippen molar-refractivity contribution in [1.29, 1.82) is 0 Å². The van der Waals surface area contributed by atoms with Gasteiger partial charge >= 0.3 is 8.25 Å². The minimum Gasteiger partial charge on any atom is -0.566 e. The summed E-state index contributed by atoms with van der Waals surface area (Å²) in [5.41, 5.74) is 1.01. The summed E-state index contributed by atoms with van der Waals surface area (Å²) in [7, 11) is -7.94. The molecule has 25 heavy (non-hydrogen) atoms. The van der Waals surface area contributed by atoms with Crippen molar-refractivity contribution in [2.24, 2.45) is 0 Å². The molecule has 0 aromatic heterocycles. The van der Waals surface area contributed by atoms with Crippen molar-refractivity contribution in [3.8, 4) is 0 Å². The van der Waals surface area contributed by atoms with Gasteiger partial charge in [-0.05, 0) is 53.7 Å². The maximum absolute atomic E-state index is 11.1. The molecular formula is C16H18NO6PS. The Morgan fingerprint density at radius 2 is 1.80 bits per heavy atom. The number of hydrogen-bond acceptors (Lipinski definition) is 6. The Morgan fingerprint density at radius 1 is 1.12 bits per heavy atom. The summed E-state index contributed by atoms with van der Waals surface area (Å²) in [6.45, 7) is 0. The molecule has 0 amide bonds. The van der Waals surface area contributed by atoms with Crippen LogP contribution >= 0.6 is 8.25 Å². The first-order valence-electron chi connectivity index (χ1n) is 7.53. The lowest BCUT2D eigenvalue weighted by Gasteiger charge is -2.10. The van der Waals surface area contributed by atoms with Crippen LogP contribution < -0.4 is 10.2 Å². The number of nitrogens with one attached hydrogen (secondary N) is 1. The second-order valence-electron chi connectivity index (χ2n) is 5.36. The molecule has 2 aromatic rings. The van der Waals surface area contributed by atoms with Crippen molar-refractivity contribution in [2.45, 2.75) is 24.7 Å². The standard InChI is InChI=1S/C16H18NO6PS/c18-24(19)23-16(25(20,21)22)11-5-7-13-6-4-10-15(12-13)17-14-8-2-1-3-9-14/h1-4,6,8-10,12,16-17H,5,7,11H2,(H,20,21,22). The van der Waals surface area contributed by atoms with Crippen LogP contribution in [-0.2, 0) is 25.6 Å². The highest BCUT2D eigenvalue weighted by atomic mass is 32.2.